The van der Waals surface area contributed by atoms with Crippen LogP contribution in [0.1, 0.15) is 12.0 Å². The van der Waals surface area contributed by atoms with Gasteiger partial charge in [0.25, 0.3) is 9.05 Å². The quantitative estimate of drug-likeness (QED) is 0.787. The second kappa shape index (κ2) is 4.96. The molecule has 1 heterocycles. The molecule has 19 heavy (non-hydrogen) atoms. The maximum absolute atomic E-state index is 11.3. The van der Waals surface area contributed by atoms with E-state index in [1.807, 2.05) is 0 Å². The van der Waals surface area contributed by atoms with Gasteiger partial charge >= 0.3 is 0 Å². The lowest BCUT2D eigenvalue weighted by molar-refractivity contribution is 0.228. The third-order valence-electron chi connectivity index (χ3n) is 2.90. The van der Waals surface area contributed by atoms with E-state index in [-0.39, 0.29) is 22.5 Å². The van der Waals surface area contributed by atoms with Gasteiger partial charge in [-0.25, -0.2) is 16.8 Å². The summed E-state index contributed by atoms with van der Waals surface area (Å²) in [6.07, 6.45) is 0.0829. The lowest BCUT2D eigenvalue weighted by Gasteiger charge is -2.13. The van der Waals surface area contributed by atoms with Crippen LogP contribution in [0.2, 0.25) is 0 Å². The van der Waals surface area contributed by atoms with Crippen molar-refractivity contribution in [1.29, 1.82) is 0 Å². The van der Waals surface area contributed by atoms with Gasteiger partial charge in [-0.05, 0) is 37.1 Å². The second-order valence-corrected chi connectivity index (χ2v) is 9.27. The first-order chi connectivity index (χ1) is 8.67. The van der Waals surface area contributed by atoms with Crippen molar-refractivity contribution in [1.82, 2.24) is 0 Å². The van der Waals surface area contributed by atoms with Crippen LogP contribution in [0.4, 0.5) is 0 Å². The molecule has 1 fully saturated rings. The number of aryl methyl sites for hydroxylation is 1. The highest BCUT2D eigenvalue weighted by molar-refractivity contribution is 8.13. The van der Waals surface area contributed by atoms with Gasteiger partial charge < -0.3 is 4.74 Å². The fraction of sp³-hybridized carbons (Fsp3) is 0.455. The predicted octanol–water partition coefficient (Wildman–Crippen LogP) is 1.49. The normalized spacial score (nSPS) is 22.3. The zero-order valence-electron chi connectivity index (χ0n) is 10.2. The average Bonchev–Trinajstić information content (AvgIpc) is 2.56. The highest BCUT2D eigenvalue weighted by atomic mass is 35.7. The van der Waals surface area contributed by atoms with Crippen molar-refractivity contribution in [2.24, 2.45) is 0 Å². The van der Waals surface area contributed by atoms with E-state index in [9.17, 15) is 16.8 Å². The molecule has 0 aromatic heterocycles. The third kappa shape index (κ3) is 3.61. The van der Waals surface area contributed by atoms with Gasteiger partial charge in [0.15, 0.2) is 9.84 Å². The van der Waals surface area contributed by atoms with Crippen LogP contribution in [-0.2, 0) is 18.9 Å². The number of rotatable bonds is 3. The minimum atomic E-state index is -3.78. The molecule has 0 N–H and O–H groups in total. The molecule has 1 saturated heterocycles. The van der Waals surface area contributed by atoms with Crippen LogP contribution in [-0.4, -0.2) is 34.4 Å². The van der Waals surface area contributed by atoms with Gasteiger partial charge in [-0.15, -0.1) is 0 Å². The predicted molar refractivity (Wildman–Crippen MR) is 71.9 cm³/mol. The molecule has 0 bridgehead atoms. The molecule has 0 aliphatic carbocycles. The Morgan fingerprint density at radius 3 is 2.53 bits per heavy atom. The molecule has 1 unspecified atom stereocenters. The molecule has 1 aliphatic heterocycles. The Morgan fingerprint density at radius 2 is 2.05 bits per heavy atom. The van der Waals surface area contributed by atoms with Crippen molar-refractivity contribution in [2.45, 2.75) is 24.3 Å². The fourth-order valence-corrected chi connectivity index (χ4v) is 4.80. The topological polar surface area (TPSA) is 77.5 Å². The Morgan fingerprint density at radius 1 is 1.37 bits per heavy atom. The van der Waals surface area contributed by atoms with Crippen LogP contribution in [0.15, 0.2) is 23.1 Å². The van der Waals surface area contributed by atoms with E-state index < -0.39 is 18.9 Å². The molecule has 0 saturated carbocycles. The lowest BCUT2D eigenvalue weighted by Crippen LogP contribution is -2.17. The van der Waals surface area contributed by atoms with E-state index in [1.165, 1.54) is 12.1 Å². The summed E-state index contributed by atoms with van der Waals surface area (Å²) in [6, 6.07) is 4.38. The highest BCUT2D eigenvalue weighted by Gasteiger charge is 2.29. The van der Waals surface area contributed by atoms with Crippen LogP contribution in [0, 0.1) is 6.92 Å². The van der Waals surface area contributed by atoms with Gasteiger partial charge in [0.2, 0.25) is 0 Å². The van der Waals surface area contributed by atoms with Crippen molar-refractivity contribution in [2.75, 3.05) is 11.5 Å². The number of hydrogen-bond donors (Lipinski definition) is 0. The summed E-state index contributed by atoms with van der Waals surface area (Å²) in [5.41, 5.74) is 0.466. The molecular weight excluding hydrogens is 312 g/mol. The molecule has 106 valence electrons. The molecular formula is C11H13ClO5S2. The van der Waals surface area contributed by atoms with Crippen molar-refractivity contribution in [3.8, 4) is 5.75 Å². The van der Waals surface area contributed by atoms with Crippen molar-refractivity contribution >= 4 is 29.6 Å². The summed E-state index contributed by atoms with van der Waals surface area (Å²) in [5.74, 6) is 0.579. The summed E-state index contributed by atoms with van der Waals surface area (Å²) < 4.78 is 50.6. The van der Waals surface area contributed by atoms with Crippen molar-refractivity contribution in [3.05, 3.63) is 23.8 Å². The number of hydrogen-bond acceptors (Lipinski definition) is 5. The van der Waals surface area contributed by atoms with E-state index >= 15 is 0 Å². The Balaban J connectivity index is 2.18. The van der Waals surface area contributed by atoms with E-state index in [1.54, 1.807) is 13.0 Å². The summed E-state index contributed by atoms with van der Waals surface area (Å²) in [7, 11) is -1.50. The van der Waals surface area contributed by atoms with Crippen LogP contribution >= 0.6 is 10.7 Å². The molecule has 8 heteroatoms. The van der Waals surface area contributed by atoms with Gasteiger partial charge in [0.1, 0.15) is 11.9 Å². The van der Waals surface area contributed by atoms with E-state index in [0.29, 0.717) is 17.7 Å². The van der Waals surface area contributed by atoms with Crippen LogP contribution in [0.3, 0.4) is 0 Å². The SMILES string of the molecule is Cc1cc(OC2CCS(=O)(=O)C2)ccc1S(=O)(=O)Cl. The molecule has 5 nitrogen and oxygen atoms in total. The maximum atomic E-state index is 11.3. The van der Waals surface area contributed by atoms with Gasteiger partial charge in [0.05, 0.1) is 16.4 Å². The molecule has 1 atom stereocenters. The van der Waals surface area contributed by atoms with E-state index in [4.69, 9.17) is 15.4 Å². The van der Waals surface area contributed by atoms with Crippen LogP contribution < -0.4 is 4.74 Å². The first kappa shape index (κ1) is 14.6. The number of benzene rings is 1. The van der Waals surface area contributed by atoms with E-state index in [0.717, 1.165) is 0 Å². The zero-order chi connectivity index (χ0) is 14.3. The first-order valence-corrected chi connectivity index (χ1v) is 9.73. The summed E-state index contributed by atoms with van der Waals surface area (Å²) in [6.45, 7) is 1.60. The molecule has 2 rings (SSSR count). The lowest BCUT2D eigenvalue weighted by atomic mass is 10.2. The molecule has 1 aromatic rings. The summed E-state index contributed by atoms with van der Waals surface area (Å²) in [4.78, 5) is 0.0283. The molecule has 0 radical (unpaired) electrons. The number of ether oxygens (including phenoxy) is 1. The van der Waals surface area contributed by atoms with Gasteiger partial charge in [-0.2, -0.15) is 0 Å². The largest absolute Gasteiger partial charge is 0.489 e. The smallest absolute Gasteiger partial charge is 0.261 e. The molecule has 1 aliphatic rings. The van der Waals surface area contributed by atoms with Gasteiger partial charge in [-0.3, -0.25) is 0 Å². The minimum absolute atomic E-state index is 0.00159. The minimum Gasteiger partial charge on any atom is -0.489 e. The monoisotopic (exact) mass is 324 g/mol. The molecule has 0 amide bonds. The molecule has 1 aromatic carbocycles. The Labute approximate surface area is 116 Å². The Hall–Kier alpha value is -0.790. The average molecular weight is 325 g/mol. The summed E-state index contributed by atoms with van der Waals surface area (Å²) >= 11 is 0. The van der Waals surface area contributed by atoms with Crippen molar-refractivity contribution < 1.29 is 21.6 Å². The zero-order valence-corrected chi connectivity index (χ0v) is 12.6. The maximum Gasteiger partial charge on any atom is 0.261 e. The Kier molecular flexibility index (Phi) is 3.81. The number of halogens is 1. The fourth-order valence-electron chi connectivity index (χ4n) is 2.02. The van der Waals surface area contributed by atoms with Crippen LogP contribution in [0.25, 0.3) is 0 Å². The van der Waals surface area contributed by atoms with E-state index in [2.05, 4.69) is 0 Å². The molecule has 0 spiro atoms. The first-order valence-electron chi connectivity index (χ1n) is 5.60. The second-order valence-electron chi connectivity index (χ2n) is 4.51. The van der Waals surface area contributed by atoms with Crippen LogP contribution in [0.5, 0.6) is 5.75 Å². The van der Waals surface area contributed by atoms with Gasteiger partial charge in [0, 0.05) is 10.7 Å². The highest BCUT2D eigenvalue weighted by Crippen LogP contribution is 2.26. The number of sulfone groups is 1. The van der Waals surface area contributed by atoms with Crippen molar-refractivity contribution in [3.63, 3.8) is 0 Å². The standard InChI is InChI=1S/C11H13ClO5S2/c1-8-6-9(2-3-11(8)19(12,15)16)17-10-4-5-18(13,14)7-10/h2-3,6,10H,4-5,7H2,1H3. The third-order valence-corrected chi connectivity index (χ3v) is 6.12. The summed E-state index contributed by atoms with van der Waals surface area (Å²) in [5, 5.41) is 0. The Bertz CT molecular complexity index is 694. The van der Waals surface area contributed by atoms with Gasteiger partial charge in [-0.1, -0.05) is 0 Å².